The van der Waals surface area contributed by atoms with Crippen molar-refractivity contribution in [3.05, 3.63) is 72.9 Å². The molecule has 0 aliphatic rings. The number of esters is 2. The van der Waals surface area contributed by atoms with Crippen LogP contribution in [0.5, 0.6) is 0 Å². The number of phosphoric acid groups is 1. The molecular formula is C41H69O8P. The van der Waals surface area contributed by atoms with E-state index >= 15 is 0 Å². The van der Waals surface area contributed by atoms with Crippen molar-refractivity contribution >= 4 is 19.8 Å². The minimum absolute atomic E-state index is 0.179. The normalized spacial score (nSPS) is 13.3. The highest BCUT2D eigenvalue weighted by atomic mass is 31.2. The summed E-state index contributed by atoms with van der Waals surface area (Å²) in [5.74, 6) is -0.975. The summed E-state index contributed by atoms with van der Waals surface area (Å²) < 4.78 is 26.2. The second kappa shape index (κ2) is 36.3. The third kappa shape index (κ3) is 38.3. The summed E-state index contributed by atoms with van der Waals surface area (Å²) in [5, 5.41) is 0. The first kappa shape index (κ1) is 47.5. The number of hydrogen-bond donors (Lipinski definition) is 2. The van der Waals surface area contributed by atoms with Gasteiger partial charge in [0.2, 0.25) is 0 Å². The number of ether oxygens (including phenoxy) is 2. The standard InChI is InChI=1S/C41H69O8P/c1-3-5-7-9-11-13-15-17-19-20-22-23-25-27-29-31-33-35-40(42)47-37-39(38-48-50(44,45)46)49-41(43)36-34-32-30-28-26-24-21-18-16-14-12-10-8-6-4-2/h11,13-14,16-19,21-23,27,29,39H,3-10,12,15,20,24-26,28,30-38H2,1-2H3,(H2,44,45,46)/b13-11+,16-14+,19-17+,21-18+,23-22+,29-27+/t39-/m1/s1. The van der Waals surface area contributed by atoms with Gasteiger partial charge in [-0.15, -0.1) is 0 Å². The highest BCUT2D eigenvalue weighted by Gasteiger charge is 2.22. The molecule has 1 atom stereocenters. The summed E-state index contributed by atoms with van der Waals surface area (Å²) in [6, 6.07) is 0. The monoisotopic (exact) mass is 720 g/mol. The number of phosphoric ester groups is 1. The van der Waals surface area contributed by atoms with Gasteiger partial charge in [-0.2, -0.15) is 0 Å². The number of allylic oxidation sites excluding steroid dienone is 12. The molecule has 0 radical (unpaired) electrons. The Bertz CT molecular complexity index is 1040. The van der Waals surface area contributed by atoms with Gasteiger partial charge >= 0.3 is 19.8 Å². The van der Waals surface area contributed by atoms with Crippen LogP contribution < -0.4 is 0 Å². The van der Waals surface area contributed by atoms with Gasteiger partial charge in [-0.3, -0.25) is 14.1 Å². The quantitative estimate of drug-likeness (QED) is 0.0222. The number of rotatable bonds is 34. The molecule has 50 heavy (non-hydrogen) atoms. The minimum Gasteiger partial charge on any atom is -0.462 e. The summed E-state index contributed by atoms with van der Waals surface area (Å²) in [6.07, 6.45) is 46.2. The summed E-state index contributed by atoms with van der Waals surface area (Å²) in [5.41, 5.74) is 0. The molecule has 286 valence electrons. The van der Waals surface area contributed by atoms with E-state index in [9.17, 15) is 14.2 Å². The molecule has 0 unspecified atom stereocenters. The predicted molar refractivity (Wildman–Crippen MR) is 207 cm³/mol. The van der Waals surface area contributed by atoms with Crippen LogP contribution in [-0.4, -0.2) is 41.0 Å². The molecule has 8 nitrogen and oxygen atoms in total. The fourth-order valence-corrected chi connectivity index (χ4v) is 5.19. The Morgan fingerprint density at radius 1 is 0.540 bits per heavy atom. The zero-order valence-electron chi connectivity index (χ0n) is 31.3. The van der Waals surface area contributed by atoms with Gasteiger partial charge in [-0.05, 0) is 77.0 Å². The molecule has 0 amide bonds. The lowest BCUT2D eigenvalue weighted by atomic mass is 10.1. The molecule has 0 heterocycles. The van der Waals surface area contributed by atoms with E-state index in [0.717, 1.165) is 64.2 Å². The van der Waals surface area contributed by atoms with Gasteiger partial charge in [-0.1, -0.05) is 138 Å². The van der Waals surface area contributed by atoms with Crippen molar-refractivity contribution in [3.8, 4) is 0 Å². The number of unbranched alkanes of at least 4 members (excludes halogenated alkanes) is 13. The second-order valence-corrected chi connectivity index (χ2v) is 13.8. The number of carbonyl (C=O) groups is 2. The molecule has 0 aliphatic carbocycles. The van der Waals surface area contributed by atoms with Crippen LogP contribution >= 0.6 is 7.82 Å². The van der Waals surface area contributed by atoms with Crippen LogP contribution in [0.2, 0.25) is 0 Å². The largest absolute Gasteiger partial charge is 0.469 e. The molecule has 0 saturated carbocycles. The minimum atomic E-state index is -4.77. The lowest BCUT2D eigenvalue weighted by molar-refractivity contribution is -0.161. The van der Waals surface area contributed by atoms with E-state index < -0.39 is 32.5 Å². The van der Waals surface area contributed by atoms with Gasteiger partial charge in [0.15, 0.2) is 6.10 Å². The fraction of sp³-hybridized carbons (Fsp3) is 0.659. The average molecular weight is 721 g/mol. The maximum atomic E-state index is 12.4. The summed E-state index contributed by atoms with van der Waals surface area (Å²) in [4.78, 5) is 42.7. The van der Waals surface area contributed by atoms with Crippen LogP contribution in [0.15, 0.2) is 72.9 Å². The van der Waals surface area contributed by atoms with Crippen molar-refractivity contribution in [1.29, 1.82) is 0 Å². The van der Waals surface area contributed by atoms with E-state index in [1.54, 1.807) is 0 Å². The Morgan fingerprint density at radius 3 is 1.56 bits per heavy atom. The molecule has 0 bridgehead atoms. The highest BCUT2D eigenvalue weighted by Crippen LogP contribution is 2.36. The summed E-state index contributed by atoms with van der Waals surface area (Å²) in [6.45, 7) is 3.56. The topological polar surface area (TPSA) is 119 Å². The van der Waals surface area contributed by atoms with Crippen molar-refractivity contribution in [1.82, 2.24) is 0 Å². The van der Waals surface area contributed by atoms with Gasteiger partial charge in [0.25, 0.3) is 0 Å². The molecule has 0 aromatic carbocycles. The van der Waals surface area contributed by atoms with Crippen molar-refractivity contribution < 1.29 is 37.9 Å². The van der Waals surface area contributed by atoms with Crippen LogP contribution in [0.1, 0.15) is 155 Å². The van der Waals surface area contributed by atoms with Crippen molar-refractivity contribution in [3.63, 3.8) is 0 Å². The first-order chi connectivity index (χ1) is 24.3. The maximum absolute atomic E-state index is 12.4. The molecule has 0 fully saturated rings. The third-order valence-corrected chi connectivity index (χ3v) is 8.21. The average Bonchev–Trinajstić information content (AvgIpc) is 3.08. The van der Waals surface area contributed by atoms with Crippen LogP contribution in [0.25, 0.3) is 0 Å². The van der Waals surface area contributed by atoms with Crippen molar-refractivity contribution in [2.45, 2.75) is 161 Å². The second-order valence-electron chi connectivity index (χ2n) is 12.6. The molecule has 0 rings (SSSR count). The Kier molecular flexibility index (Phi) is 34.5. The molecule has 0 aromatic rings. The van der Waals surface area contributed by atoms with Gasteiger partial charge in [0.1, 0.15) is 6.61 Å². The first-order valence-electron chi connectivity index (χ1n) is 19.2. The van der Waals surface area contributed by atoms with Crippen molar-refractivity contribution in [2.75, 3.05) is 13.2 Å². The maximum Gasteiger partial charge on any atom is 0.469 e. The predicted octanol–water partition coefficient (Wildman–Crippen LogP) is 11.5. The Labute approximate surface area is 304 Å². The van der Waals surface area contributed by atoms with Crippen LogP contribution in [0, 0.1) is 0 Å². The highest BCUT2D eigenvalue weighted by molar-refractivity contribution is 7.46. The van der Waals surface area contributed by atoms with Gasteiger partial charge in [0.05, 0.1) is 6.61 Å². The number of hydrogen-bond acceptors (Lipinski definition) is 6. The van der Waals surface area contributed by atoms with Gasteiger partial charge < -0.3 is 19.3 Å². The lowest BCUT2D eigenvalue weighted by Gasteiger charge is -2.18. The molecule has 0 spiro atoms. The molecule has 0 aromatic heterocycles. The molecular weight excluding hydrogens is 651 g/mol. The van der Waals surface area contributed by atoms with E-state index in [0.29, 0.717) is 12.8 Å². The first-order valence-corrected chi connectivity index (χ1v) is 20.8. The van der Waals surface area contributed by atoms with Gasteiger partial charge in [-0.25, -0.2) is 4.57 Å². The third-order valence-electron chi connectivity index (χ3n) is 7.73. The zero-order valence-corrected chi connectivity index (χ0v) is 32.2. The van der Waals surface area contributed by atoms with Crippen LogP contribution in [-0.2, 0) is 28.2 Å². The van der Waals surface area contributed by atoms with Crippen LogP contribution in [0.3, 0.4) is 0 Å². The molecule has 9 heteroatoms. The SMILES string of the molecule is CCCCC/C=C/C/C=C/C/C=C/C/C=C/CCCC(=O)OC[C@H](COP(=O)(O)O)OC(=O)CCCCCCC/C=C/C=C/CCCCCC. The lowest BCUT2D eigenvalue weighted by Crippen LogP contribution is -2.29. The van der Waals surface area contributed by atoms with E-state index in [2.05, 4.69) is 85.2 Å². The summed E-state index contributed by atoms with van der Waals surface area (Å²) >= 11 is 0. The molecule has 0 saturated heterocycles. The Hall–Kier alpha value is -2.51. The Balaban J connectivity index is 4.11. The number of carbonyl (C=O) groups excluding carboxylic acids is 2. The summed E-state index contributed by atoms with van der Waals surface area (Å²) in [7, 11) is -4.77. The van der Waals surface area contributed by atoms with E-state index in [1.807, 2.05) is 6.08 Å². The smallest absolute Gasteiger partial charge is 0.462 e. The molecule has 2 N–H and O–H groups in total. The van der Waals surface area contributed by atoms with E-state index in [4.69, 9.17) is 19.3 Å². The van der Waals surface area contributed by atoms with Crippen LogP contribution in [0.4, 0.5) is 0 Å². The fourth-order valence-electron chi connectivity index (χ4n) is 4.82. The van der Waals surface area contributed by atoms with E-state index in [1.165, 1.54) is 51.4 Å². The van der Waals surface area contributed by atoms with E-state index in [-0.39, 0.29) is 19.4 Å². The Morgan fingerprint density at radius 2 is 0.980 bits per heavy atom. The zero-order chi connectivity index (χ0) is 36.8. The van der Waals surface area contributed by atoms with Crippen molar-refractivity contribution in [2.24, 2.45) is 0 Å². The van der Waals surface area contributed by atoms with Gasteiger partial charge in [0, 0.05) is 12.8 Å². The molecule has 0 aliphatic heterocycles.